The predicted molar refractivity (Wildman–Crippen MR) is 95.2 cm³/mol. The van der Waals surface area contributed by atoms with Crippen molar-refractivity contribution < 1.29 is 0 Å². The average Bonchev–Trinajstić information content (AvgIpc) is 2.57. The second kappa shape index (κ2) is 7.25. The van der Waals surface area contributed by atoms with E-state index in [-0.39, 0.29) is 0 Å². The smallest absolute Gasteiger partial charge is 0.128 e. The highest BCUT2D eigenvalue weighted by molar-refractivity contribution is 9.10. The van der Waals surface area contributed by atoms with Gasteiger partial charge < -0.3 is 10.2 Å². The lowest BCUT2D eigenvalue weighted by Gasteiger charge is -2.34. The standard InChI is InChI=1S/C18H22BrN3/c1-14(16-6-2-3-7-17(16)19)21-15-9-12-22(13-10-15)18-8-4-5-11-20-18/h2-8,11,14-15,21H,9-10,12-13H2,1H3. The highest BCUT2D eigenvalue weighted by Gasteiger charge is 2.22. The summed E-state index contributed by atoms with van der Waals surface area (Å²) in [6, 6.07) is 15.5. The quantitative estimate of drug-likeness (QED) is 0.887. The van der Waals surface area contributed by atoms with Crippen molar-refractivity contribution in [1.82, 2.24) is 10.3 Å². The van der Waals surface area contributed by atoms with Crippen LogP contribution in [0, 0.1) is 0 Å². The van der Waals surface area contributed by atoms with Gasteiger partial charge in [0.05, 0.1) is 0 Å². The van der Waals surface area contributed by atoms with E-state index in [2.05, 4.69) is 74.5 Å². The Kier molecular flexibility index (Phi) is 5.11. The molecule has 1 saturated heterocycles. The van der Waals surface area contributed by atoms with E-state index in [9.17, 15) is 0 Å². The van der Waals surface area contributed by atoms with Crippen LogP contribution in [0.2, 0.25) is 0 Å². The molecule has 0 radical (unpaired) electrons. The molecule has 1 aliphatic heterocycles. The van der Waals surface area contributed by atoms with Gasteiger partial charge in [0, 0.05) is 35.8 Å². The zero-order valence-corrected chi connectivity index (χ0v) is 14.5. The fraction of sp³-hybridized carbons (Fsp3) is 0.389. The van der Waals surface area contributed by atoms with Crippen LogP contribution in [0.4, 0.5) is 5.82 Å². The molecule has 1 aliphatic rings. The van der Waals surface area contributed by atoms with Crippen LogP contribution >= 0.6 is 15.9 Å². The summed E-state index contributed by atoms with van der Waals surface area (Å²) in [5.41, 5.74) is 1.33. The molecule has 1 atom stereocenters. The van der Waals surface area contributed by atoms with Crippen LogP contribution in [0.3, 0.4) is 0 Å². The number of nitrogens with one attached hydrogen (secondary N) is 1. The van der Waals surface area contributed by atoms with Crippen molar-refractivity contribution in [2.75, 3.05) is 18.0 Å². The number of halogens is 1. The number of hydrogen-bond acceptors (Lipinski definition) is 3. The van der Waals surface area contributed by atoms with Gasteiger partial charge in [0.1, 0.15) is 5.82 Å². The van der Waals surface area contributed by atoms with Crippen LogP contribution in [0.1, 0.15) is 31.4 Å². The Morgan fingerprint density at radius 1 is 1.14 bits per heavy atom. The highest BCUT2D eigenvalue weighted by atomic mass is 79.9. The largest absolute Gasteiger partial charge is 0.357 e. The van der Waals surface area contributed by atoms with Gasteiger partial charge in [0.2, 0.25) is 0 Å². The highest BCUT2D eigenvalue weighted by Crippen LogP contribution is 2.25. The minimum atomic E-state index is 0.363. The summed E-state index contributed by atoms with van der Waals surface area (Å²) in [5, 5.41) is 3.77. The van der Waals surface area contributed by atoms with E-state index in [0.29, 0.717) is 12.1 Å². The molecule has 116 valence electrons. The summed E-state index contributed by atoms with van der Waals surface area (Å²) in [6.45, 7) is 4.37. The maximum atomic E-state index is 4.45. The van der Waals surface area contributed by atoms with Crippen LogP contribution in [-0.4, -0.2) is 24.1 Å². The van der Waals surface area contributed by atoms with Gasteiger partial charge in [-0.1, -0.05) is 40.2 Å². The van der Waals surface area contributed by atoms with Crippen LogP contribution in [0.5, 0.6) is 0 Å². The van der Waals surface area contributed by atoms with Crippen molar-refractivity contribution in [2.45, 2.75) is 31.8 Å². The number of benzene rings is 1. The number of hydrogen-bond donors (Lipinski definition) is 1. The first kappa shape index (κ1) is 15.5. The third-order valence-electron chi connectivity index (χ3n) is 4.33. The third-order valence-corrected chi connectivity index (χ3v) is 5.05. The minimum Gasteiger partial charge on any atom is -0.357 e. The van der Waals surface area contributed by atoms with Crippen molar-refractivity contribution in [3.8, 4) is 0 Å². The lowest BCUT2D eigenvalue weighted by molar-refractivity contribution is 0.379. The average molecular weight is 360 g/mol. The third kappa shape index (κ3) is 3.68. The van der Waals surface area contributed by atoms with E-state index in [4.69, 9.17) is 0 Å². The number of aromatic nitrogens is 1. The molecule has 3 nitrogen and oxygen atoms in total. The molecule has 0 aliphatic carbocycles. The number of nitrogens with zero attached hydrogens (tertiary/aromatic N) is 2. The molecule has 0 bridgehead atoms. The van der Waals surface area contributed by atoms with Crippen molar-refractivity contribution in [1.29, 1.82) is 0 Å². The van der Waals surface area contributed by atoms with E-state index < -0.39 is 0 Å². The summed E-state index contributed by atoms with van der Waals surface area (Å²) in [6.07, 6.45) is 4.19. The second-order valence-corrected chi connectivity index (χ2v) is 6.71. The fourth-order valence-electron chi connectivity index (χ4n) is 3.09. The first-order chi connectivity index (χ1) is 10.7. The lowest BCUT2D eigenvalue weighted by atomic mass is 10.0. The number of anilines is 1. The summed E-state index contributed by atoms with van der Waals surface area (Å²) in [5.74, 6) is 1.10. The SMILES string of the molecule is CC(NC1CCN(c2ccccn2)CC1)c1ccccc1Br. The first-order valence-electron chi connectivity index (χ1n) is 7.90. The molecule has 0 amide bonds. The summed E-state index contributed by atoms with van der Waals surface area (Å²) < 4.78 is 1.18. The number of rotatable bonds is 4. The van der Waals surface area contributed by atoms with Gasteiger partial charge >= 0.3 is 0 Å². The van der Waals surface area contributed by atoms with E-state index in [0.717, 1.165) is 31.7 Å². The van der Waals surface area contributed by atoms with Crippen LogP contribution in [-0.2, 0) is 0 Å². The van der Waals surface area contributed by atoms with Gasteiger partial charge in [-0.05, 0) is 43.5 Å². The lowest BCUT2D eigenvalue weighted by Crippen LogP contribution is -2.43. The summed E-state index contributed by atoms with van der Waals surface area (Å²) in [4.78, 5) is 6.82. The topological polar surface area (TPSA) is 28.2 Å². The maximum Gasteiger partial charge on any atom is 0.128 e. The molecule has 0 saturated carbocycles. The molecule has 1 unspecified atom stereocenters. The molecule has 1 aromatic heterocycles. The second-order valence-electron chi connectivity index (χ2n) is 5.86. The van der Waals surface area contributed by atoms with E-state index >= 15 is 0 Å². The zero-order valence-electron chi connectivity index (χ0n) is 12.9. The Hall–Kier alpha value is -1.39. The molecule has 1 fully saturated rings. The molecule has 2 aromatic rings. The Labute approximate surface area is 140 Å². The molecule has 1 N–H and O–H groups in total. The molecular weight excluding hydrogens is 338 g/mol. The van der Waals surface area contributed by atoms with E-state index in [1.807, 2.05) is 12.3 Å². The molecule has 22 heavy (non-hydrogen) atoms. The van der Waals surface area contributed by atoms with E-state index in [1.165, 1.54) is 10.0 Å². The summed E-state index contributed by atoms with van der Waals surface area (Å²) >= 11 is 3.65. The first-order valence-corrected chi connectivity index (χ1v) is 8.70. The van der Waals surface area contributed by atoms with Gasteiger partial charge in [-0.3, -0.25) is 0 Å². The van der Waals surface area contributed by atoms with Gasteiger partial charge in [0.25, 0.3) is 0 Å². The van der Waals surface area contributed by atoms with E-state index in [1.54, 1.807) is 0 Å². The molecule has 1 aromatic carbocycles. The number of pyridine rings is 1. The Balaban J connectivity index is 1.55. The Morgan fingerprint density at radius 2 is 1.86 bits per heavy atom. The normalized spacial score (nSPS) is 17.5. The van der Waals surface area contributed by atoms with Crippen molar-refractivity contribution >= 4 is 21.7 Å². The predicted octanol–water partition coefficient (Wildman–Crippen LogP) is 4.16. The van der Waals surface area contributed by atoms with Gasteiger partial charge in [-0.15, -0.1) is 0 Å². The fourth-order valence-corrected chi connectivity index (χ4v) is 3.71. The number of piperidine rings is 1. The molecule has 3 rings (SSSR count). The molecule has 2 heterocycles. The molecule has 0 spiro atoms. The summed E-state index contributed by atoms with van der Waals surface area (Å²) in [7, 11) is 0. The maximum absolute atomic E-state index is 4.45. The monoisotopic (exact) mass is 359 g/mol. The molecule has 4 heteroatoms. The van der Waals surface area contributed by atoms with Gasteiger partial charge in [0.15, 0.2) is 0 Å². The Morgan fingerprint density at radius 3 is 2.55 bits per heavy atom. The molecular formula is C18H22BrN3. The van der Waals surface area contributed by atoms with Crippen molar-refractivity contribution in [2.24, 2.45) is 0 Å². The van der Waals surface area contributed by atoms with Crippen LogP contribution in [0.15, 0.2) is 53.1 Å². The van der Waals surface area contributed by atoms with Gasteiger partial charge in [-0.2, -0.15) is 0 Å². The van der Waals surface area contributed by atoms with Crippen LogP contribution in [0.25, 0.3) is 0 Å². The van der Waals surface area contributed by atoms with Crippen molar-refractivity contribution in [3.05, 3.63) is 58.7 Å². The minimum absolute atomic E-state index is 0.363. The van der Waals surface area contributed by atoms with Gasteiger partial charge in [-0.25, -0.2) is 4.98 Å². The zero-order chi connectivity index (χ0) is 15.4. The van der Waals surface area contributed by atoms with Crippen LogP contribution < -0.4 is 10.2 Å². The Bertz CT molecular complexity index is 594. The van der Waals surface area contributed by atoms with Crippen molar-refractivity contribution in [3.63, 3.8) is 0 Å².